The van der Waals surface area contributed by atoms with Gasteiger partial charge >= 0.3 is 0 Å². The monoisotopic (exact) mass is 185 g/mol. The first-order chi connectivity index (χ1) is 6.25. The third kappa shape index (κ3) is 3.28. The summed E-state index contributed by atoms with van der Waals surface area (Å²) in [4.78, 5) is 0. The van der Waals surface area contributed by atoms with Gasteiger partial charge in [-0.25, -0.2) is 0 Å². The van der Waals surface area contributed by atoms with Crippen LogP contribution >= 0.6 is 0 Å². The van der Waals surface area contributed by atoms with E-state index in [1.165, 1.54) is 19.3 Å². The van der Waals surface area contributed by atoms with Crippen LogP contribution in [0.4, 0.5) is 0 Å². The highest BCUT2D eigenvalue weighted by Gasteiger charge is 2.26. The lowest BCUT2D eigenvalue weighted by atomic mass is 9.79. The van der Waals surface area contributed by atoms with Crippen molar-refractivity contribution in [2.45, 2.75) is 45.6 Å². The zero-order valence-electron chi connectivity index (χ0n) is 8.92. The fraction of sp³-hybridized carbons (Fsp3) is 1.00. The van der Waals surface area contributed by atoms with Gasteiger partial charge in [0.25, 0.3) is 0 Å². The molecule has 2 N–H and O–H groups in total. The first-order valence-electron chi connectivity index (χ1n) is 5.60. The van der Waals surface area contributed by atoms with Crippen molar-refractivity contribution in [3.63, 3.8) is 0 Å². The first-order valence-corrected chi connectivity index (χ1v) is 5.60. The van der Waals surface area contributed by atoms with E-state index in [-0.39, 0.29) is 0 Å². The number of hydrogen-bond acceptors (Lipinski definition) is 2. The van der Waals surface area contributed by atoms with E-state index in [1.807, 2.05) is 0 Å². The molecule has 0 aromatic heterocycles. The van der Waals surface area contributed by atoms with E-state index >= 15 is 0 Å². The maximum absolute atomic E-state index is 8.69. The SMILES string of the molecule is C[C@@H]1CCC[C@@H](C)C1NCCCO. The van der Waals surface area contributed by atoms with E-state index in [2.05, 4.69) is 19.2 Å². The van der Waals surface area contributed by atoms with E-state index < -0.39 is 0 Å². The van der Waals surface area contributed by atoms with Gasteiger partial charge < -0.3 is 10.4 Å². The molecule has 1 fully saturated rings. The lowest BCUT2D eigenvalue weighted by Crippen LogP contribution is -2.43. The van der Waals surface area contributed by atoms with Crippen LogP contribution in [0.1, 0.15) is 39.5 Å². The molecule has 1 saturated carbocycles. The van der Waals surface area contributed by atoms with Crippen molar-refractivity contribution in [2.24, 2.45) is 11.8 Å². The van der Waals surface area contributed by atoms with Crippen molar-refractivity contribution >= 4 is 0 Å². The number of aliphatic hydroxyl groups excluding tert-OH is 1. The molecule has 0 radical (unpaired) electrons. The topological polar surface area (TPSA) is 32.3 Å². The summed E-state index contributed by atoms with van der Waals surface area (Å²) in [6.45, 7) is 5.96. The molecule has 1 aliphatic rings. The van der Waals surface area contributed by atoms with Gasteiger partial charge in [-0.1, -0.05) is 20.3 Å². The van der Waals surface area contributed by atoms with Crippen molar-refractivity contribution in [2.75, 3.05) is 13.2 Å². The number of nitrogens with one attached hydrogen (secondary N) is 1. The van der Waals surface area contributed by atoms with Crippen LogP contribution in [0.15, 0.2) is 0 Å². The van der Waals surface area contributed by atoms with Crippen LogP contribution in [0.2, 0.25) is 0 Å². The van der Waals surface area contributed by atoms with Crippen molar-refractivity contribution in [3.05, 3.63) is 0 Å². The number of aliphatic hydroxyl groups is 1. The summed E-state index contributed by atoms with van der Waals surface area (Å²) >= 11 is 0. The Balaban J connectivity index is 2.26. The summed E-state index contributed by atoms with van der Waals surface area (Å²) in [6, 6.07) is 0.681. The second kappa shape index (κ2) is 5.61. The largest absolute Gasteiger partial charge is 0.396 e. The van der Waals surface area contributed by atoms with Gasteiger partial charge in [-0.2, -0.15) is 0 Å². The van der Waals surface area contributed by atoms with Gasteiger partial charge in [0.1, 0.15) is 0 Å². The second-order valence-electron chi connectivity index (χ2n) is 4.44. The normalized spacial score (nSPS) is 30.7. The molecule has 2 heteroatoms. The standard InChI is InChI=1S/C11H23NO/c1-9-5-3-6-10(2)11(9)12-7-4-8-13/h9-13H,3-8H2,1-2H3/t9-,10-/m1/s1. The third-order valence-electron chi connectivity index (χ3n) is 3.26. The third-order valence-corrected chi connectivity index (χ3v) is 3.26. The van der Waals surface area contributed by atoms with Gasteiger partial charge in [0.2, 0.25) is 0 Å². The summed E-state index contributed by atoms with van der Waals surface area (Å²) in [5, 5.41) is 12.2. The van der Waals surface area contributed by atoms with Gasteiger partial charge in [0, 0.05) is 12.6 Å². The molecular weight excluding hydrogens is 162 g/mol. The van der Waals surface area contributed by atoms with Gasteiger partial charge in [0.05, 0.1) is 0 Å². The minimum atomic E-state index is 0.308. The van der Waals surface area contributed by atoms with Crippen LogP contribution in [0.5, 0.6) is 0 Å². The first kappa shape index (κ1) is 11.0. The molecule has 2 nitrogen and oxygen atoms in total. The van der Waals surface area contributed by atoms with E-state index in [1.54, 1.807) is 0 Å². The minimum Gasteiger partial charge on any atom is -0.396 e. The lowest BCUT2D eigenvalue weighted by Gasteiger charge is -2.35. The Morgan fingerprint density at radius 3 is 2.38 bits per heavy atom. The predicted molar refractivity (Wildman–Crippen MR) is 55.7 cm³/mol. The van der Waals surface area contributed by atoms with Crippen molar-refractivity contribution in [1.82, 2.24) is 5.32 Å². The molecule has 2 atom stereocenters. The predicted octanol–water partition coefficient (Wildman–Crippen LogP) is 1.78. The molecule has 0 bridgehead atoms. The molecule has 0 aliphatic heterocycles. The molecule has 0 heterocycles. The number of hydrogen-bond donors (Lipinski definition) is 2. The quantitative estimate of drug-likeness (QED) is 0.654. The van der Waals surface area contributed by atoms with E-state index in [9.17, 15) is 0 Å². The van der Waals surface area contributed by atoms with Gasteiger partial charge in [0.15, 0.2) is 0 Å². The van der Waals surface area contributed by atoms with Crippen molar-refractivity contribution in [1.29, 1.82) is 0 Å². The molecule has 13 heavy (non-hydrogen) atoms. The van der Waals surface area contributed by atoms with Gasteiger partial charge in [-0.15, -0.1) is 0 Å². The van der Waals surface area contributed by atoms with Crippen molar-refractivity contribution in [3.8, 4) is 0 Å². The summed E-state index contributed by atoms with van der Waals surface area (Å²) in [5.41, 5.74) is 0. The molecule has 1 rings (SSSR count). The Morgan fingerprint density at radius 1 is 1.23 bits per heavy atom. The zero-order valence-corrected chi connectivity index (χ0v) is 8.92. The summed E-state index contributed by atoms with van der Waals surface area (Å²) < 4.78 is 0. The fourth-order valence-electron chi connectivity index (χ4n) is 2.43. The molecule has 1 aliphatic carbocycles. The highest BCUT2D eigenvalue weighted by atomic mass is 16.3. The Hall–Kier alpha value is -0.0800. The number of rotatable bonds is 4. The molecule has 78 valence electrons. The van der Waals surface area contributed by atoms with E-state index in [4.69, 9.17) is 5.11 Å². The van der Waals surface area contributed by atoms with Crippen LogP contribution in [0, 0.1) is 11.8 Å². The highest BCUT2D eigenvalue weighted by Crippen LogP contribution is 2.28. The molecule has 0 amide bonds. The van der Waals surface area contributed by atoms with Crippen molar-refractivity contribution < 1.29 is 5.11 Å². The molecule has 0 unspecified atom stereocenters. The average Bonchev–Trinajstić information content (AvgIpc) is 2.10. The maximum atomic E-state index is 8.69. The molecule has 0 saturated heterocycles. The minimum absolute atomic E-state index is 0.308. The van der Waals surface area contributed by atoms with Crippen LogP contribution in [0.25, 0.3) is 0 Å². The lowest BCUT2D eigenvalue weighted by molar-refractivity contribution is 0.202. The van der Waals surface area contributed by atoms with E-state index in [0.29, 0.717) is 12.6 Å². The zero-order chi connectivity index (χ0) is 9.68. The van der Waals surface area contributed by atoms with Crippen LogP contribution in [-0.4, -0.2) is 24.3 Å². The van der Waals surface area contributed by atoms with E-state index in [0.717, 1.165) is 24.8 Å². The second-order valence-corrected chi connectivity index (χ2v) is 4.44. The Bertz CT molecular complexity index is 128. The summed E-state index contributed by atoms with van der Waals surface area (Å²) in [5.74, 6) is 1.62. The van der Waals surface area contributed by atoms with Gasteiger partial charge in [-0.3, -0.25) is 0 Å². The Labute approximate surface area is 81.7 Å². The molecule has 0 aromatic carbocycles. The molecular formula is C11H23NO. The smallest absolute Gasteiger partial charge is 0.0443 e. The van der Waals surface area contributed by atoms with Gasteiger partial charge in [-0.05, 0) is 37.6 Å². The Morgan fingerprint density at radius 2 is 1.85 bits per heavy atom. The van der Waals surface area contributed by atoms with Crippen LogP contribution in [0.3, 0.4) is 0 Å². The average molecular weight is 185 g/mol. The summed E-state index contributed by atoms with van der Waals surface area (Å²) in [6.07, 6.45) is 5.00. The van der Waals surface area contributed by atoms with Crippen LogP contribution < -0.4 is 5.32 Å². The van der Waals surface area contributed by atoms with Crippen LogP contribution in [-0.2, 0) is 0 Å². The fourth-order valence-corrected chi connectivity index (χ4v) is 2.43. The molecule has 0 spiro atoms. The summed E-state index contributed by atoms with van der Waals surface area (Å²) in [7, 11) is 0. The Kier molecular flexibility index (Phi) is 4.74. The molecule has 0 aromatic rings. The highest BCUT2D eigenvalue weighted by molar-refractivity contribution is 4.82. The maximum Gasteiger partial charge on any atom is 0.0443 e.